The Morgan fingerprint density at radius 3 is 2.79 bits per heavy atom. The van der Waals surface area contributed by atoms with Crippen LogP contribution in [0.5, 0.6) is 0 Å². The first kappa shape index (κ1) is 13.1. The summed E-state index contributed by atoms with van der Waals surface area (Å²) in [6, 6.07) is 0. The van der Waals surface area contributed by atoms with Gasteiger partial charge >= 0.3 is 0 Å². The molecule has 0 aliphatic heterocycles. The van der Waals surface area contributed by atoms with Crippen molar-refractivity contribution < 1.29 is 9.26 Å². The summed E-state index contributed by atoms with van der Waals surface area (Å²) < 4.78 is 11.0. The Morgan fingerprint density at radius 1 is 1.32 bits per heavy atom. The van der Waals surface area contributed by atoms with Crippen molar-refractivity contribution in [2.75, 3.05) is 13.7 Å². The summed E-state index contributed by atoms with van der Waals surface area (Å²) in [7, 11) is 1.72. The van der Waals surface area contributed by atoms with Crippen LogP contribution in [0.15, 0.2) is 4.52 Å². The minimum Gasteiger partial charge on any atom is -0.373 e. The van der Waals surface area contributed by atoms with Crippen molar-refractivity contribution in [2.45, 2.75) is 50.5 Å². The molecule has 5 nitrogen and oxygen atoms in total. The summed E-state index contributed by atoms with van der Waals surface area (Å²) >= 11 is 0. The number of nitrogens with two attached hydrogens (primary N) is 1. The van der Waals surface area contributed by atoms with E-state index in [4.69, 9.17) is 15.0 Å². The third-order valence-electron chi connectivity index (χ3n) is 4.55. The highest BCUT2D eigenvalue weighted by molar-refractivity contribution is 5.03. The maximum atomic E-state index is 5.87. The molecule has 19 heavy (non-hydrogen) atoms. The van der Waals surface area contributed by atoms with Crippen LogP contribution in [0.3, 0.4) is 0 Å². The third-order valence-corrected chi connectivity index (χ3v) is 4.55. The summed E-state index contributed by atoms with van der Waals surface area (Å²) in [5.74, 6) is 2.90. The molecule has 3 unspecified atom stereocenters. The highest BCUT2D eigenvalue weighted by atomic mass is 16.5. The molecule has 0 spiro atoms. The Hall–Kier alpha value is -0.940. The topological polar surface area (TPSA) is 74.2 Å². The maximum Gasteiger partial charge on any atom is 0.230 e. The first-order valence-corrected chi connectivity index (χ1v) is 7.39. The van der Waals surface area contributed by atoms with Crippen molar-refractivity contribution in [1.29, 1.82) is 0 Å². The van der Waals surface area contributed by atoms with Crippen molar-refractivity contribution >= 4 is 0 Å². The second-order valence-corrected chi connectivity index (χ2v) is 5.87. The van der Waals surface area contributed by atoms with Crippen LogP contribution in [-0.4, -0.2) is 23.8 Å². The van der Waals surface area contributed by atoms with Crippen molar-refractivity contribution in [3.8, 4) is 0 Å². The predicted molar refractivity (Wildman–Crippen MR) is 70.5 cm³/mol. The first-order valence-electron chi connectivity index (χ1n) is 7.39. The van der Waals surface area contributed by atoms with Gasteiger partial charge in [0.1, 0.15) is 6.10 Å². The fourth-order valence-electron chi connectivity index (χ4n) is 3.24. The van der Waals surface area contributed by atoms with Crippen molar-refractivity contribution in [3.05, 3.63) is 11.7 Å². The molecular formula is C14H23N3O2. The quantitative estimate of drug-likeness (QED) is 0.884. The predicted octanol–water partition coefficient (Wildman–Crippen LogP) is 2.40. The van der Waals surface area contributed by atoms with Gasteiger partial charge in [-0.3, -0.25) is 0 Å². The van der Waals surface area contributed by atoms with Crippen LogP contribution in [0.1, 0.15) is 62.3 Å². The highest BCUT2D eigenvalue weighted by Gasteiger charge is 2.37. The Labute approximate surface area is 113 Å². The number of aromatic nitrogens is 2. The van der Waals surface area contributed by atoms with E-state index in [0.29, 0.717) is 24.3 Å². The number of hydrogen-bond acceptors (Lipinski definition) is 5. The summed E-state index contributed by atoms with van der Waals surface area (Å²) in [6.07, 6.45) is 7.21. The molecule has 0 aromatic carbocycles. The summed E-state index contributed by atoms with van der Waals surface area (Å²) in [5.41, 5.74) is 5.87. The summed E-state index contributed by atoms with van der Waals surface area (Å²) in [6.45, 7) is 0.707. The molecule has 3 atom stereocenters. The molecule has 2 aliphatic rings. The van der Waals surface area contributed by atoms with Crippen LogP contribution in [-0.2, 0) is 4.74 Å². The van der Waals surface area contributed by atoms with E-state index in [1.807, 2.05) is 0 Å². The van der Waals surface area contributed by atoms with Crippen LogP contribution >= 0.6 is 0 Å². The van der Waals surface area contributed by atoms with Crippen LogP contribution < -0.4 is 5.73 Å². The Bertz CT molecular complexity index is 417. The number of rotatable bonds is 5. The summed E-state index contributed by atoms with van der Waals surface area (Å²) in [5, 5.41) is 4.14. The number of methoxy groups -OCH3 is 1. The number of ether oxygens (including phenoxy) is 1. The van der Waals surface area contributed by atoms with E-state index in [1.54, 1.807) is 7.11 Å². The van der Waals surface area contributed by atoms with Gasteiger partial charge in [-0.15, -0.1) is 0 Å². The van der Waals surface area contributed by atoms with E-state index in [2.05, 4.69) is 10.1 Å². The Balaban J connectivity index is 1.75. The number of hydrogen-bond donors (Lipinski definition) is 1. The smallest absolute Gasteiger partial charge is 0.230 e. The molecule has 1 aromatic rings. The van der Waals surface area contributed by atoms with Crippen molar-refractivity contribution in [1.82, 2.24) is 10.1 Å². The molecular weight excluding hydrogens is 242 g/mol. The molecule has 5 heteroatoms. The zero-order valence-electron chi connectivity index (χ0n) is 11.5. The molecule has 2 aliphatic carbocycles. The lowest BCUT2D eigenvalue weighted by Crippen LogP contribution is -2.25. The Morgan fingerprint density at radius 2 is 2.11 bits per heavy atom. The molecule has 0 saturated heterocycles. The molecule has 3 rings (SSSR count). The standard InChI is InChI=1S/C14H23N3O2/c1-18-12(9-6-7-9)13-16-14(19-17-13)11-5-3-2-4-10(11)8-15/h9-12H,2-8,15H2,1H3. The normalized spacial score (nSPS) is 29.4. The van der Waals surface area contributed by atoms with E-state index >= 15 is 0 Å². The van der Waals surface area contributed by atoms with Gasteiger partial charge in [-0.25, -0.2) is 0 Å². The van der Waals surface area contributed by atoms with Gasteiger partial charge in [0.25, 0.3) is 0 Å². The average molecular weight is 265 g/mol. The van der Waals surface area contributed by atoms with Gasteiger partial charge in [0.05, 0.1) is 0 Å². The second kappa shape index (κ2) is 5.59. The molecule has 0 radical (unpaired) electrons. The molecule has 0 amide bonds. The van der Waals surface area contributed by atoms with Crippen LogP contribution in [0.25, 0.3) is 0 Å². The van der Waals surface area contributed by atoms with E-state index in [9.17, 15) is 0 Å². The molecule has 2 N–H and O–H groups in total. The first-order chi connectivity index (χ1) is 9.33. The molecule has 2 saturated carbocycles. The zero-order valence-corrected chi connectivity index (χ0v) is 11.5. The van der Waals surface area contributed by atoms with Gasteiger partial charge in [-0.2, -0.15) is 4.98 Å². The van der Waals surface area contributed by atoms with Gasteiger partial charge in [-0.1, -0.05) is 18.0 Å². The lowest BCUT2D eigenvalue weighted by Gasteiger charge is -2.27. The lowest BCUT2D eigenvalue weighted by atomic mass is 9.79. The lowest BCUT2D eigenvalue weighted by molar-refractivity contribution is 0.0751. The average Bonchev–Trinajstić information content (AvgIpc) is 3.17. The maximum absolute atomic E-state index is 5.87. The summed E-state index contributed by atoms with van der Waals surface area (Å²) in [4.78, 5) is 4.61. The van der Waals surface area contributed by atoms with E-state index < -0.39 is 0 Å². The van der Waals surface area contributed by atoms with Gasteiger partial charge in [0.15, 0.2) is 0 Å². The SMILES string of the molecule is COC(c1noc(C2CCCCC2CN)n1)C1CC1. The van der Waals surface area contributed by atoms with E-state index in [1.165, 1.54) is 32.1 Å². The third kappa shape index (κ3) is 2.67. The molecule has 2 fully saturated rings. The van der Waals surface area contributed by atoms with E-state index in [-0.39, 0.29) is 6.10 Å². The van der Waals surface area contributed by atoms with Crippen molar-refractivity contribution in [2.24, 2.45) is 17.6 Å². The van der Waals surface area contributed by atoms with Gasteiger partial charge < -0.3 is 15.0 Å². The van der Waals surface area contributed by atoms with Gasteiger partial charge in [0.2, 0.25) is 11.7 Å². The monoisotopic (exact) mass is 265 g/mol. The molecule has 1 heterocycles. The van der Waals surface area contributed by atoms with Crippen LogP contribution in [0.2, 0.25) is 0 Å². The van der Waals surface area contributed by atoms with E-state index in [0.717, 1.165) is 18.1 Å². The number of nitrogens with zero attached hydrogens (tertiary/aromatic N) is 2. The fourth-order valence-corrected chi connectivity index (χ4v) is 3.24. The highest BCUT2D eigenvalue weighted by Crippen LogP contribution is 2.43. The Kier molecular flexibility index (Phi) is 3.84. The van der Waals surface area contributed by atoms with Crippen LogP contribution in [0, 0.1) is 11.8 Å². The minimum absolute atomic E-state index is 0.0115. The van der Waals surface area contributed by atoms with Crippen LogP contribution in [0.4, 0.5) is 0 Å². The van der Waals surface area contributed by atoms with Gasteiger partial charge in [-0.05, 0) is 44.1 Å². The van der Waals surface area contributed by atoms with Gasteiger partial charge in [0, 0.05) is 13.0 Å². The molecule has 106 valence electrons. The minimum atomic E-state index is 0.0115. The zero-order chi connectivity index (χ0) is 13.2. The largest absolute Gasteiger partial charge is 0.373 e. The fraction of sp³-hybridized carbons (Fsp3) is 0.857. The second-order valence-electron chi connectivity index (χ2n) is 5.87. The van der Waals surface area contributed by atoms with Crippen molar-refractivity contribution in [3.63, 3.8) is 0 Å². The molecule has 0 bridgehead atoms. The molecule has 1 aromatic heterocycles.